The van der Waals surface area contributed by atoms with Crippen molar-refractivity contribution in [1.82, 2.24) is 0 Å². The van der Waals surface area contributed by atoms with Crippen LogP contribution >= 0.6 is 11.3 Å². The van der Waals surface area contributed by atoms with E-state index in [9.17, 15) is 0 Å². The van der Waals surface area contributed by atoms with Crippen molar-refractivity contribution in [3.05, 3.63) is 139 Å². The molecule has 0 unspecified atom stereocenters. The number of fused-ring (bicyclic) bond motifs is 7. The molecule has 0 aliphatic heterocycles. The third-order valence-corrected chi connectivity index (χ3v) is 9.55. The maximum atomic E-state index is 2.42. The van der Waals surface area contributed by atoms with E-state index in [1.807, 2.05) is 11.3 Å². The van der Waals surface area contributed by atoms with Crippen molar-refractivity contribution in [3.63, 3.8) is 0 Å². The maximum Gasteiger partial charge on any atom is 0.0476 e. The van der Waals surface area contributed by atoms with Gasteiger partial charge in [0.1, 0.15) is 0 Å². The Labute approximate surface area is 232 Å². The Morgan fingerprint density at radius 3 is 2.10 bits per heavy atom. The molecule has 7 aromatic rings. The minimum Gasteiger partial charge on any atom is -0.310 e. The lowest BCUT2D eigenvalue weighted by molar-refractivity contribution is 0.661. The number of benzene rings is 6. The molecule has 8 rings (SSSR count). The minimum atomic E-state index is -0.0124. The summed E-state index contributed by atoms with van der Waals surface area (Å²) in [6.45, 7) is 4.70. The van der Waals surface area contributed by atoms with Gasteiger partial charge in [-0.15, -0.1) is 11.3 Å². The average Bonchev–Trinajstić information content (AvgIpc) is 3.45. The third-order valence-electron chi connectivity index (χ3n) is 8.42. The number of anilines is 3. The fraction of sp³-hybridized carbons (Fsp3) is 0.0811. The highest BCUT2D eigenvalue weighted by Gasteiger charge is 2.35. The summed E-state index contributed by atoms with van der Waals surface area (Å²) in [5.41, 5.74) is 9.05. The molecule has 2 heteroatoms. The molecule has 1 nitrogen and oxygen atoms in total. The lowest BCUT2D eigenvalue weighted by atomic mass is 9.82. The van der Waals surface area contributed by atoms with E-state index in [0.29, 0.717) is 0 Å². The molecular weight excluding hydrogens is 490 g/mol. The van der Waals surface area contributed by atoms with Crippen molar-refractivity contribution in [2.75, 3.05) is 4.90 Å². The van der Waals surface area contributed by atoms with Crippen molar-refractivity contribution in [1.29, 1.82) is 0 Å². The number of thiophene rings is 1. The standard InChI is InChI=1S/C37H27NS/c1-37(2)33-14-8-6-12-29(33)32-21-24-16-17-27(20-25(24)22-34(32)37)38(26-10-4-3-5-11-26)28-18-19-31-30-13-7-9-15-35(30)39-36(31)23-28/h3-23H,1-2H3. The van der Waals surface area contributed by atoms with Gasteiger partial charge in [0.25, 0.3) is 0 Å². The van der Waals surface area contributed by atoms with Crippen molar-refractivity contribution >= 4 is 59.3 Å². The zero-order chi connectivity index (χ0) is 26.1. The third kappa shape index (κ3) is 3.38. The Kier molecular flexibility index (Phi) is 4.80. The smallest absolute Gasteiger partial charge is 0.0476 e. The summed E-state index contributed by atoms with van der Waals surface area (Å²) in [4.78, 5) is 2.39. The molecule has 186 valence electrons. The molecule has 0 radical (unpaired) electrons. The van der Waals surface area contributed by atoms with Gasteiger partial charge in [-0.1, -0.05) is 86.6 Å². The zero-order valence-corrected chi connectivity index (χ0v) is 22.8. The van der Waals surface area contributed by atoms with E-state index in [1.165, 1.54) is 64.6 Å². The summed E-state index contributed by atoms with van der Waals surface area (Å²) < 4.78 is 2.65. The number of hydrogen-bond acceptors (Lipinski definition) is 2. The van der Waals surface area contributed by atoms with Crippen molar-refractivity contribution in [3.8, 4) is 11.1 Å². The van der Waals surface area contributed by atoms with E-state index >= 15 is 0 Å². The molecule has 0 spiro atoms. The largest absolute Gasteiger partial charge is 0.310 e. The molecule has 0 atom stereocenters. The van der Waals surface area contributed by atoms with E-state index in [4.69, 9.17) is 0 Å². The molecule has 1 aliphatic rings. The molecule has 0 saturated carbocycles. The topological polar surface area (TPSA) is 3.24 Å². The van der Waals surface area contributed by atoms with Crippen molar-refractivity contribution < 1.29 is 0 Å². The van der Waals surface area contributed by atoms with Crippen LogP contribution in [-0.4, -0.2) is 0 Å². The van der Waals surface area contributed by atoms with Crippen LogP contribution in [0.15, 0.2) is 127 Å². The van der Waals surface area contributed by atoms with Crippen LogP contribution in [0.1, 0.15) is 25.0 Å². The van der Waals surface area contributed by atoms with Gasteiger partial charge in [-0.2, -0.15) is 0 Å². The van der Waals surface area contributed by atoms with Gasteiger partial charge in [0.2, 0.25) is 0 Å². The van der Waals surface area contributed by atoms with Crippen LogP contribution in [0.4, 0.5) is 17.1 Å². The molecular formula is C37H27NS. The van der Waals surface area contributed by atoms with Crippen LogP contribution in [0, 0.1) is 0 Å². The van der Waals surface area contributed by atoms with Gasteiger partial charge in [-0.25, -0.2) is 0 Å². The highest BCUT2D eigenvalue weighted by atomic mass is 32.1. The molecule has 6 aromatic carbocycles. The molecule has 0 fully saturated rings. The molecule has 1 aliphatic carbocycles. The second-order valence-corrected chi connectivity index (χ2v) is 12.1. The summed E-state index contributed by atoms with van der Waals surface area (Å²) in [5, 5.41) is 5.20. The number of hydrogen-bond donors (Lipinski definition) is 0. The first-order chi connectivity index (χ1) is 19.1. The van der Waals surface area contributed by atoms with Crippen molar-refractivity contribution in [2.45, 2.75) is 19.3 Å². The monoisotopic (exact) mass is 517 g/mol. The number of rotatable bonds is 3. The first-order valence-corrected chi connectivity index (χ1v) is 14.3. The summed E-state index contributed by atoms with van der Waals surface area (Å²) in [6, 6.07) is 46.9. The molecule has 0 bridgehead atoms. The summed E-state index contributed by atoms with van der Waals surface area (Å²) >= 11 is 1.87. The maximum absolute atomic E-state index is 2.42. The van der Waals surface area contributed by atoms with Gasteiger partial charge in [0, 0.05) is 42.6 Å². The molecule has 0 N–H and O–H groups in total. The molecule has 1 heterocycles. The second-order valence-electron chi connectivity index (χ2n) is 11.0. The van der Waals surface area contributed by atoms with Gasteiger partial charge in [0.05, 0.1) is 0 Å². The fourth-order valence-electron chi connectivity index (χ4n) is 6.45. The van der Waals surface area contributed by atoms with Crippen LogP contribution in [0.2, 0.25) is 0 Å². The van der Waals surface area contributed by atoms with E-state index in [-0.39, 0.29) is 5.41 Å². The lowest BCUT2D eigenvalue weighted by Gasteiger charge is -2.26. The Morgan fingerprint density at radius 2 is 1.21 bits per heavy atom. The Bertz CT molecular complexity index is 2050. The zero-order valence-electron chi connectivity index (χ0n) is 22.0. The quantitative estimate of drug-likeness (QED) is 0.225. The first kappa shape index (κ1) is 22.6. The SMILES string of the molecule is CC1(C)c2ccccc2-c2cc3ccc(N(c4ccccc4)c4ccc5c(c4)sc4ccccc45)cc3cc21. The summed E-state index contributed by atoms with van der Waals surface area (Å²) in [7, 11) is 0. The van der Waals surface area contributed by atoms with Gasteiger partial charge < -0.3 is 4.90 Å². The van der Waals surface area contributed by atoms with Crippen LogP contribution < -0.4 is 4.90 Å². The molecule has 39 heavy (non-hydrogen) atoms. The second kappa shape index (κ2) is 8.30. The van der Waals surface area contributed by atoms with E-state index in [1.54, 1.807) is 0 Å². The Morgan fingerprint density at radius 1 is 0.487 bits per heavy atom. The number of nitrogens with zero attached hydrogens (tertiary/aromatic N) is 1. The highest BCUT2D eigenvalue weighted by molar-refractivity contribution is 7.25. The molecule has 0 amide bonds. The number of para-hydroxylation sites is 1. The molecule has 0 saturated heterocycles. The van der Waals surface area contributed by atoms with Crippen LogP contribution in [0.25, 0.3) is 42.1 Å². The fourth-order valence-corrected chi connectivity index (χ4v) is 7.59. The Balaban J connectivity index is 1.31. The Hall–Kier alpha value is -4.40. The van der Waals surface area contributed by atoms with Gasteiger partial charge in [-0.05, 0) is 87.6 Å². The van der Waals surface area contributed by atoms with E-state index in [2.05, 4.69) is 146 Å². The van der Waals surface area contributed by atoms with Gasteiger partial charge in [0.15, 0.2) is 0 Å². The average molecular weight is 518 g/mol. The molecule has 1 aromatic heterocycles. The minimum absolute atomic E-state index is 0.0124. The summed E-state index contributed by atoms with van der Waals surface area (Å²) in [5.74, 6) is 0. The highest BCUT2D eigenvalue weighted by Crippen LogP contribution is 2.50. The normalized spacial score (nSPS) is 13.6. The summed E-state index contributed by atoms with van der Waals surface area (Å²) in [6.07, 6.45) is 0. The van der Waals surface area contributed by atoms with E-state index < -0.39 is 0 Å². The lowest BCUT2D eigenvalue weighted by Crippen LogP contribution is -2.14. The van der Waals surface area contributed by atoms with Crippen LogP contribution in [0.5, 0.6) is 0 Å². The predicted molar refractivity (Wildman–Crippen MR) is 169 cm³/mol. The first-order valence-electron chi connectivity index (χ1n) is 13.5. The van der Waals surface area contributed by atoms with Crippen molar-refractivity contribution in [2.24, 2.45) is 0 Å². The predicted octanol–water partition coefficient (Wildman–Crippen LogP) is 11.0. The van der Waals surface area contributed by atoms with Gasteiger partial charge >= 0.3 is 0 Å². The van der Waals surface area contributed by atoms with Gasteiger partial charge in [-0.3, -0.25) is 0 Å². The van der Waals surface area contributed by atoms with Crippen LogP contribution in [0.3, 0.4) is 0 Å². The van der Waals surface area contributed by atoms with Crippen LogP contribution in [-0.2, 0) is 5.41 Å². The van der Waals surface area contributed by atoms with E-state index in [0.717, 1.165) is 5.69 Å².